The van der Waals surface area contributed by atoms with E-state index in [1.54, 1.807) is 37.6 Å². The first-order chi connectivity index (χ1) is 13.2. The number of carbonyl (C=O) groups is 1. The van der Waals surface area contributed by atoms with E-state index in [0.717, 1.165) is 17.1 Å². The van der Waals surface area contributed by atoms with Gasteiger partial charge in [-0.3, -0.25) is 4.79 Å². The van der Waals surface area contributed by atoms with Crippen molar-refractivity contribution in [2.45, 2.75) is 0 Å². The largest absolute Gasteiger partial charge is 0.495 e. The predicted molar refractivity (Wildman–Crippen MR) is 101 cm³/mol. The SMILES string of the molecule is COc1ccccc1NC(=O)c1ccc(Nc2ccc3c(c2)OCO3)cn1. The van der Waals surface area contributed by atoms with Crippen LogP contribution in [0.1, 0.15) is 10.5 Å². The highest BCUT2D eigenvalue weighted by Gasteiger charge is 2.14. The number of pyridine rings is 1. The minimum Gasteiger partial charge on any atom is -0.495 e. The maximum atomic E-state index is 12.4. The highest BCUT2D eigenvalue weighted by Crippen LogP contribution is 2.35. The van der Waals surface area contributed by atoms with Crippen LogP contribution in [0.3, 0.4) is 0 Å². The third-order valence-corrected chi connectivity index (χ3v) is 4.01. The first kappa shape index (κ1) is 16.7. The number of methoxy groups -OCH3 is 1. The first-order valence-electron chi connectivity index (χ1n) is 8.30. The number of carbonyl (C=O) groups excluding carboxylic acids is 1. The van der Waals surface area contributed by atoms with Crippen LogP contribution >= 0.6 is 0 Å². The average Bonchev–Trinajstić information content (AvgIpc) is 3.17. The minimum absolute atomic E-state index is 0.232. The maximum absolute atomic E-state index is 12.4. The van der Waals surface area contributed by atoms with Gasteiger partial charge in [0, 0.05) is 11.8 Å². The molecule has 4 rings (SSSR count). The van der Waals surface area contributed by atoms with Gasteiger partial charge < -0.3 is 24.8 Å². The Balaban J connectivity index is 1.44. The Morgan fingerprint density at radius 2 is 1.85 bits per heavy atom. The third-order valence-electron chi connectivity index (χ3n) is 4.01. The Bertz CT molecular complexity index is 973. The van der Waals surface area contributed by atoms with Gasteiger partial charge in [0.25, 0.3) is 5.91 Å². The van der Waals surface area contributed by atoms with Crippen molar-refractivity contribution in [2.75, 3.05) is 24.5 Å². The number of anilines is 3. The molecule has 0 atom stereocenters. The number of fused-ring (bicyclic) bond motifs is 1. The molecular formula is C20H17N3O4. The molecule has 0 spiro atoms. The van der Waals surface area contributed by atoms with Gasteiger partial charge in [-0.05, 0) is 36.4 Å². The highest BCUT2D eigenvalue weighted by molar-refractivity contribution is 6.03. The van der Waals surface area contributed by atoms with Crippen LogP contribution in [0.5, 0.6) is 17.2 Å². The van der Waals surface area contributed by atoms with Gasteiger partial charge in [0.1, 0.15) is 11.4 Å². The number of hydrogen-bond acceptors (Lipinski definition) is 6. The monoisotopic (exact) mass is 363 g/mol. The number of nitrogens with zero attached hydrogens (tertiary/aromatic N) is 1. The Morgan fingerprint density at radius 3 is 2.67 bits per heavy atom. The van der Waals surface area contributed by atoms with Gasteiger partial charge in [0.15, 0.2) is 11.5 Å². The van der Waals surface area contributed by atoms with Crippen molar-refractivity contribution >= 4 is 23.0 Å². The highest BCUT2D eigenvalue weighted by atomic mass is 16.7. The van der Waals surface area contributed by atoms with Crippen LogP contribution in [0, 0.1) is 0 Å². The van der Waals surface area contributed by atoms with Gasteiger partial charge in [-0.15, -0.1) is 0 Å². The first-order valence-corrected chi connectivity index (χ1v) is 8.30. The van der Waals surface area contributed by atoms with Gasteiger partial charge in [-0.1, -0.05) is 12.1 Å². The number of hydrogen-bond donors (Lipinski definition) is 2. The molecule has 3 aromatic rings. The summed E-state index contributed by atoms with van der Waals surface area (Å²) in [5, 5.41) is 6.02. The number of aromatic nitrogens is 1. The molecule has 0 fully saturated rings. The lowest BCUT2D eigenvalue weighted by atomic mass is 10.2. The van der Waals surface area contributed by atoms with E-state index in [9.17, 15) is 4.79 Å². The number of para-hydroxylation sites is 2. The molecule has 0 unspecified atom stereocenters. The molecule has 7 nitrogen and oxygen atoms in total. The Labute approximate surface area is 155 Å². The van der Waals surface area contributed by atoms with E-state index >= 15 is 0 Å². The van der Waals surface area contributed by atoms with E-state index in [4.69, 9.17) is 14.2 Å². The van der Waals surface area contributed by atoms with Gasteiger partial charge in [-0.2, -0.15) is 0 Å². The molecule has 1 aliphatic rings. The lowest BCUT2D eigenvalue weighted by Gasteiger charge is -2.10. The lowest BCUT2D eigenvalue weighted by Crippen LogP contribution is -2.14. The van der Waals surface area contributed by atoms with Crippen molar-refractivity contribution in [1.29, 1.82) is 0 Å². The van der Waals surface area contributed by atoms with E-state index in [2.05, 4.69) is 15.6 Å². The third kappa shape index (κ3) is 3.62. The lowest BCUT2D eigenvalue weighted by molar-refractivity contribution is 0.102. The van der Waals surface area contributed by atoms with Crippen molar-refractivity contribution in [3.63, 3.8) is 0 Å². The summed E-state index contributed by atoms with van der Waals surface area (Å²) >= 11 is 0. The summed E-state index contributed by atoms with van der Waals surface area (Å²) in [6.07, 6.45) is 1.60. The molecule has 0 saturated carbocycles. The molecule has 27 heavy (non-hydrogen) atoms. The summed E-state index contributed by atoms with van der Waals surface area (Å²) in [4.78, 5) is 16.6. The van der Waals surface area contributed by atoms with Crippen LogP contribution in [0.4, 0.5) is 17.1 Å². The summed E-state index contributed by atoms with van der Waals surface area (Å²) < 4.78 is 15.9. The molecule has 1 aliphatic heterocycles. The fourth-order valence-electron chi connectivity index (χ4n) is 2.68. The topological polar surface area (TPSA) is 81.7 Å². The zero-order valence-electron chi connectivity index (χ0n) is 14.6. The molecule has 0 radical (unpaired) electrons. The van der Waals surface area contributed by atoms with Gasteiger partial charge in [0.05, 0.1) is 24.7 Å². The van der Waals surface area contributed by atoms with E-state index in [1.165, 1.54) is 0 Å². The molecule has 136 valence electrons. The van der Waals surface area contributed by atoms with Crippen LogP contribution in [-0.2, 0) is 0 Å². The van der Waals surface area contributed by atoms with Gasteiger partial charge in [0.2, 0.25) is 6.79 Å². The van der Waals surface area contributed by atoms with Crippen LogP contribution in [-0.4, -0.2) is 24.8 Å². The standard InChI is InChI=1S/C20H17N3O4/c1-25-17-5-3-2-4-15(17)23-20(24)16-8-6-14(11-21-16)22-13-7-9-18-19(10-13)27-12-26-18/h2-11,22H,12H2,1H3,(H,23,24). The molecule has 0 bridgehead atoms. The Hall–Kier alpha value is -3.74. The zero-order chi connectivity index (χ0) is 18.6. The van der Waals surface area contributed by atoms with Crippen LogP contribution in [0.2, 0.25) is 0 Å². The zero-order valence-corrected chi connectivity index (χ0v) is 14.6. The molecule has 2 heterocycles. The van der Waals surface area contributed by atoms with Crippen molar-refractivity contribution in [3.05, 3.63) is 66.5 Å². The Morgan fingerprint density at radius 1 is 1.04 bits per heavy atom. The number of ether oxygens (including phenoxy) is 3. The Kier molecular flexibility index (Phi) is 4.49. The van der Waals surface area contributed by atoms with Crippen molar-refractivity contribution in [1.82, 2.24) is 4.98 Å². The van der Waals surface area contributed by atoms with E-state index < -0.39 is 0 Å². The number of nitrogens with one attached hydrogen (secondary N) is 2. The molecular weight excluding hydrogens is 346 g/mol. The number of rotatable bonds is 5. The second-order valence-corrected chi connectivity index (χ2v) is 5.78. The quantitative estimate of drug-likeness (QED) is 0.717. The summed E-state index contributed by atoms with van der Waals surface area (Å²) in [7, 11) is 1.56. The molecule has 7 heteroatoms. The molecule has 0 aliphatic carbocycles. The van der Waals surface area contributed by atoms with Crippen LogP contribution in [0.25, 0.3) is 0 Å². The average molecular weight is 363 g/mol. The summed E-state index contributed by atoms with van der Waals surface area (Å²) in [6, 6.07) is 16.2. The van der Waals surface area contributed by atoms with Crippen LogP contribution in [0.15, 0.2) is 60.8 Å². The second kappa shape index (κ2) is 7.25. The van der Waals surface area contributed by atoms with Crippen molar-refractivity contribution < 1.29 is 19.0 Å². The van der Waals surface area contributed by atoms with E-state index in [1.807, 2.05) is 30.3 Å². The molecule has 0 saturated heterocycles. The smallest absolute Gasteiger partial charge is 0.274 e. The van der Waals surface area contributed by atoms with Gasteiger partial charge >= 0.3 is 0 Å². The van der Waals surface area contributed by atoms with E-state index in [0.29, 0.717) is 22.9 Å². The second-order valence-electron chi connectivity index (χ2n) is 5.78. The fraction of sp³-hybridized carbons (Fsp3) is 0.100. The maximum Gasteiger partial charge on any atom is 0.274 e. The fourth-order valence-corrected chi connectivity index (χ4v) is 2.68. The summed E-state index contributed by atoms with van der Waals surface area (Å²) in [6.45, 7) is 0.232. The molecule has 2 aromatic carbocycles. The minimum atomic E-state index is -0.311. The van der Waals surface area contributed by atoms with Gasteiger partial charge in [-0.25, -0.2) is 4.98 Å². The van der Waals surface area contributed by atoms with E-state index in [-0.39, 0.29) is 12.7 Å². The molecule has 2 N–H and O–H groups in total. The van der Waals surface area contributed by atoms with Crippen molar-refractivity contribution in [2.24, 2.45) is 0 Å². The number of benzene rings is 2. The summed E-state index contributed by atoms with van der Waals surface area (Å²) in [5.74, 6) is 1.70. The number of amides is 1. The summed E-state index contributed by atoms with van der Waals surface area (Å²) in [5.41, 5.74) is 2.49. The predicted octanol–water partition coefficient (Wildman–Crippen LogP) is 3.81. The molecule has 1 amide bonds. The normalized spacial score (nSPS) is 11.7. The molecule has 1 aromatic heterocycles. The van der Waals surface area contributed by atoms with Crippen LogP contribution < -0.4 is 24.8 Å². The van der Waals surface area contributed by atoms with Crippen molar-refractivity contribution in [3.8, 4) is 17.2 Å².